The van der Waals surface area contributed by atoms with Crippen LogP contribution in [0, 0.1) is 0 Å². The topological polar surface area (TPSA) is 44.8 Å². The number of carbonyl (C=O) groups is 1. The van der Waals surface area contributed by atoms with Gasteiger partial charge in [-0.25, -0.2) is 4.79 Å². The molecule has 0 aliphatic carbocycles. The van der Waals surface area contributed by atoms with E-state index in [1.54, 1.807) is 27.0 Å². The van der Waals surface area contributed by atoms with Crippen LogP contribution < -0.4 is 0 Å². The van der Waals surface area contributed by atoms with Crippen LogP contribution in [0.2, 0.25) is 0 Å². The van der Waals surface area contributed by atoms with Gasteiger partial charge < -0.3 is 14.2 Å². The van der Waals surface area contributed by atoms with Gasteiger partial charge in [-0.05, 0) is 13.8 Å². The first kappa shape index (κ1) is 12.1. The molecular weight excluding hydrogens is 172 g/mol. The van der Waals surface area contributed by atoms with E-state index in [0.717, 1.165) is 0 Å². The molecule has 1 unspecified atom stereocenters. The lowest BCUT2D eigenvalue weighted by molar-refractivity contribution is -0.147. The van der Waals surface area contributed by atoms with Gasteiger partial charge in [0.05, 0.1) is 6.61 Å². The average molecular weight is 188 g/mol. The molecule has 0 N–H and O–H groups in total. The Kier molecular flexibility index (Phi) is 7.24. The number of hydrogen-bond donors (Lipinski definition) is 0. The minimum absolute atomic E-state index is 0.247. The summed E-state index contributed by atoms with van der Waals surface area (Å²) in [6.07, 6.45) is 2.72. The zero-order chi connectivity index (χ0) is 10.1. The maximum Gasteiger partial charge on any atom is 0.330 e. The quantitative estimate of drug-likeness (QED) is 0.271. The second kappa shape index (κ2) is 7.76. The minimum Gasteiger partial charge on any atom is -0.460 e. The fourth-order valence-electron chi connectivity index (χ4n) is 0.609. The van der Waals surface area contributed by atoms with Crippen LogP contribution in [-0.2, 0) is 19.0 Å². The van der Waals surface area contributed by atoms with E-state index in [1.807, 2.05) is 0 Å². The van der Waals surface area contributed by atoms with E-state index >= 15 is 0 Å². The molecule has 13 heavy (non-hydrogen) atoms. The van der Waals surface area contributed by atoms with Gasteiger partial charge in [0.15, 0.2) is 6.29 Å². The van der Waals surface area contributed by atoms with Crippen molar-refractivity contribution in [2.45, 2.75) is 20.1 Å². The highest BCUT2D eigenvalue weighted by atomic mass is 16.7. The zero-order valence-corrected chi connectivity index (χ0v) is 8.28. The molecule has 1 atom stereocenters. The number of esters is 1. The van der Waals surface area contributed by atoms with Crippen molar-refractivity contribution >= 4 is 5.97 Å². The number of allylic oxidation sites excluding steroid dienone is 1. The summed E-state index contributed by atoms with van der Waals surface area (Å²) in [6.45, 7) is 4.12. The molecule has 0 aliphatic rings. The number of methoxy groups -OCH3 is 1. The molecule has 4 heteroatoms. The van der Waals surface area contributed by atoms with E-state index in [2.05, 4.69) is 0 Å². The Labute approximate surface area is 78.5 Å². The van der Waals surface area contributed by atoms with Crippen molar-refractivity contribution in [3.05, 3.63) is 12.2 Å². The number of carbonyl (C=O) groups excluding carboxylic acids is 1. The molecule has 0 saturated heterocycles. The number of ether oxygens (including phenoxy) is 3. The highest BCUT2D eigenvalue weighted by molar-refractivity contribution is 5.81. The van der Waals surface area contributed by atoms with Crippen LogP contribution in [0.25, 0.3) is 0 Å². The lowest BCUT2D eigenvalue weighted by Gasteiger charge is -2.10. The third-order valence-corrected chi connectivity index (χ3v) is 1.31. The van der Waals surface area contributed by atoms with Crippen molar-refractivity contribution in [3.8, 4) is 0 Å². The van der Waals surface area contributed by atoms with E-state index in [-0.39, 0.29) is 18.9 Å². The molecular formula is C9H16O4. The lowest BCUT2D eigenvalue weighted by atomic mass is 10.5. The standard InChI is InChI=1S/C9H16O4/c1-4-5-9(10)13-7-6-12-8(2)11-3/h4-5,8H,6-7H2,1-3H3/b5-4+. The van der Waals surface area contributed by atoms with Gasteiger partial charge in [0, 0.05) is 13.2 Å². The molecule has 0 saturated carbocycles. The summed E-state index contributed by atoms with van der Waals surface area (Å²) in [5.74, 6) is -0.351. The maximum atomic E-state index is 10.8. The number of rotatable bonds is 6. The van der Waals surface area contributed by atoms with Crippen LogP contribution in [0.1, 0.15) is 13.8 Å². The van der Waals surface area contributed by atoms with Gasteiger partial charge in [-0.15, -0.1) is 0 Å². The van der Waals surface area contributed by atoms with Crippen LogP contribution >= 0.6 is 0 Å². The first-order valence-corrected chi connectivity index (χ1v) is 4.14. The van der Waals surface area contributed by atoms with Crippen LogP contribution in [-0.4, -0.2) is 32.6 Å². The largest absolute Gasteiger partial charge is 0.460 e. The molecule has 4 nitrogen and oxygen atoms in total. The Morgan fingerprint density at radius 1 is 1.46 bits per heavy atom. The number of hydrogen-bond acceptors (Lipinski definition) is 4. The van der Waals surface area contributed by atoms with Crippen molar-refractivity contribution in [1.29, 1.82) is 0 Å². The molecule has 0 rings (SSSR count). The van der Waals surface area contributed by atoms with Crippen molar-refractivity contribution in [2.24, 2.45) is 0 Å². The molecule has 0 radical (unpaired) electrons. The van der Waals surface area contributed by atoms with Crippen LogP contribution in [0.15, 0.2) is 12.2 Å². The predicted octanol–water partition coefficient (Wildman–Crippen LogP) is 1.11. The summed E-state index contributed by atoms with van der Waals surface area (Å²) in [4.78, 5) is 10.8. The van der Waals surface area contributed by atoms with E-state index in [0.29, 0.717) is 6.61 Å². The molecule has 0 fully saturated rings. The molecule has 0 spiro atoms. The minimum atomic E-state index is -0.351. The molecule has 0 heterocycles. The van der Waals surface area contributed by atoms with Gasteiger partial charge >= 0.3 is 5.97 Å². The van der Waals surface area contributed by atoms with E-state index in [1.165, 1.54) is 6.08 Å². The Morgan fingerprint density at radius 2 is 2.15 bits per heavy atom. The fourth-order valence-corrected chi connectivity index (χ4v) is 0.609. The molecule has 0 aromatic rings. The normalized spacial score (nSPS) is 13.2. The zero-order valence-electron chi connectivity index (χ0n) is 8.28. The Balaban J connectivity index is 3.30. The maximum absolute atomic E-state index is 10.8. The van der Waals surface area contributed by atoms with Gasteiger partial charge in [0.2, 0.25) is 0 Å². The lowest BCUT2D eigenvalue weighted by Crippen LogP contribution is -2.15. The smallest absolute Gasteiger partial charge is 0.330 e. The van der Waals surface area contributed by atoms with Crippen LogP contribution in [0.4, 0.5) is 0 Å². The third kappa shape index (κ3) is 7.49. The molecule has 0 bridgehead atoms. The molecule has 76 valence electrons. The van der Waals surface area contributed by atoms with Gasteiger partial charge in [0.25, 0.3) is 0 Å². The van der Waals surface area contributed by atoms with Gasteiger partial charge in [-0.3, -0.25) is 0 Å². The summed E-state index contributed by atoms with van der Waals surface area (Å²) >= 11 is 0. The average Bonchev–Trinajstić information content (AvgIpc) is 2.12. The summed E-state index contributed by atoms with van der Waals surface area (Å²) < 4.78 is 14.7. The Hall–Kier alpha value is -0.870. The second-order valence-corrected chi connectivity index (χ2v) is 2.34. The van der Waals surface area contributed by atoms with Crippen molar-refractivity contribution < 1.29 is 19.0 Å². The van der Waals surface area contributed by atoms with Gasteiger partial charge in [-0.2, -0.15) is 0 Å². The van der Waals surface area contributed by atoms with Crippen molar-refractivity contribution in [3.63, 3.8) is 0 Å². The molecule has 0 aliphatic heterocycles. The summed E-state index contributed by atoms with van der Waals surface area (Å²) in [5, 5.41) is 0. The second-order valence-electron chi connectivity index (χ2n) is 2.34. The molecule has 0 aromatic heterocycles. The highest BCUT2D eigenvalue weighted by Crippen LogP contribution is 1.90. The first-order valence-electron chi connectivity index (χ1n) is 4.14. The van der Waals surface area contributed by atoms with Gasteiger partial charge in [-0.1, -0.05) is 6.08 Å². The summed E-state index contributed by atoms with van der Waals surface area (Å²) in [7, 11) is 1.55. The van der Waals surface area contributed by atoms with Crippen LogP contribution in [0.3, 0.4) is 0 Å². The van der Waals surface area contributed by atoms with E-state index in [4.69, 9.17) is 14.2 Å². The van der Waals surface area contributed by atoms with Crippen molar-refractivity contribution in [2.75, 3.05) is 20.3 Å². The first-order chi connectivity index (χ1) is 6.20. The Bertz CT molecular complexity index is 165. The summed E-state index contributed by atoms with van der Waals surface area (Å²) in [6, 6.07) is 0. The van der Waals surface area contributed by atoms with E-state index < -0.39 is 0 Å². The molecule has 0 aromatic carbocycles. The van der Waals surface area contributed by atoms with Crippen molar-refractivity contribution in [1.82, 2.24) is 0 Å². The fraction of sp³-hybridized carbons (Fsp3) is 0.667. The predicted molar refractivity (Wildman–Crippen MR) is 48.2 cm³/mol. The SMILES string of the molecule is C/C=C/C(=O)OCCOC(C)OC. The van der Waals surface area contributed by atoms with Gasteiger partial charge in [0.1, 0.15) is 6.61 Å². The third-order valence-electron chi connectivity index (χ3n) is 1.31. The Morgan fingerprint density at radius 3 is 2.69 bits per heavy atom. The van der Waals surface area contributed by atoms with Crippen LogP contribution in [0.5, 0.6) is 0 Å². The van der Waals surface area contributed by atoms with E-state index in [9.17, 15) is 4.79 Å². The molecule has 0 amide bonds. The summed E-state index contributed by atoms with van der Waals surface area (Å²) in [5.41, 5.74) is 0. The monoisotopic (exact) mass is 188 g/mol. The highest BCUT2D eigenvalue weighted by Gasteiger charge is 1.99.